The van der Waals surface area contributed by atoms with Crippen LogP contribution in [0.15, 0.2) is 53.3 Å². The van der Waals surface area contributed by atoms with Crippen molar-refractivity contribution in [3.05, 3.63) is 74.3 Å². The highest BCUT2D eigenvalue weighted by Gasteiger charge is 2.17. The number of benzene rings is 2. The van der Waals surface area contributed by atoms with Crippen molar-refractivity contribution in [3.8, 4) is 5.75 Å². The molecule has 0 saturated heterocycles. The molecule has 5 nitrogen and oxygen atoms in total. The lowest BCUT2D eigenvalue weighted by Gasteiger charge is -2.08. The molecule has 0 atom stereocenters. The molecular formula is C21H17ClN2O3S. The average Bonchev–Trinajstić information content (AvgIpc) is 3.16. The lowest BCUT2D eigenvalue weighted by molar-refractivity contribution is 0.0955. The monoisotopic (exact) mass is 412 g/mol. The Morgan fingerprint density at radius 2 is 1.96 bits per heavy atom. The van der Waals surface area contributed by atoms with Crippen LogP contribution in [-0.4, -0.2) is 17.6 Å². The van der Waals surface area contributed by atoms with Crippen LogP contribution in [0, 0.1) is 0 Å². The third kappa shape index (κ3) is 3.15. The van der Waals surface area contributed by atoms with Gasteiger partial charge in [0.15, 0.2) is 0 Å². The van der Waals surface area contributed by atoms with E-state index in [0.29, 0.717) is 21.8 Å². The lowest BCUT2D eigenvalue weighted by atomic mass is 10.1. The number of carbonyl (C=O) groups excluding carboxylic acids is 1. The van der Waals surface area contributed by atoms with Gasteiger partial charge in [0, 0.05) is 34.3 Å². The summed E-state index contributed by atoms with van der Waals surface area (Å²) >= 11 is 7.40. The maximum atomic E-state index is 12.7. The minimum Gasteiger partial charge on any atom is -0.496 e. The molecule has 0 aliphatic heterocycles. The van der Waals surface area contributed by atoms with Crippen LogP contribution >= 0.6 is 22.9 Å². The summed E-state index contributed by atoms with van der Waals surface area (Å²) in [4.78, 5) is 25.9. The fraction of sp³-hybridized carbons (Fsp3) is 0.143. The number of hydrogen-bond donors (Lipinski definition) is 1. The number of nitrogens with zero attached hydrogens (tertiary/aromatic N) is 1. The summed E-state index contributed by atoms with van der Waals surface area (Å²) in [5.74, 6) is 0.493. The summed E-state index contributed by atoms with van der Waals surface area (Å²) in [6, 6.07) is 14.6. The van der Waals surface area contributed by atoms with Crippen molar-refractivity contribution in [1.82, 2.24) is 9.88 Å². The van der Waals surface area contributed by atoms with Gasteiger partial charge in [-0.1, -0.05) is 29.8 Å². The van der Waals surface area contributed by atoms with Gasteiger partial charge in [-0.15, -0.1) is 11.3 Å². The van der Waals surface area contributed by atoms with E-state index >= 15 is 0 Å². The first kappa shape index (κ1) is 18.5. The van der Waals surface area contributed by atoms with Crippen LogP contribution in [0.3, 0.4) is 0 Å². The second-order valence-electron chi connectivity index (χ2n) is 6.37. The Kier molecular flexibility index (Phi) is 4.83. The number of hydrogen-bond acceptors (Lipinski definition) is 4. The number of pyridine rings is 1. The van der Waals surface area contributed by atoms with Gasteiger partial charge in [0.2, 0.25) is 0 Å². The van der Waals surface area contributed by atoms with Gasteiger partial charge in [-0.3, -0.25) is 9.59 Å². The predicted molar refractivity (Wildman–Crippen MR) is 114 cm³/mol. The number of ether oxygens (including phenoxy) is 1. The molecule has 142 valence electrons. The van der Waals surface area contributed by atoms with E-state index in [1.54, 1.807) is 36.9 Å². The Morgan fingerprint density at radius 1 is 1.18 bits per heavy atom. The van der Waals surface area contributed by atoms with E-state index in [1.165, 1.54) is 11.3 Å². The van der Waals surface area contributed by atoms with Crippen molar-refractivity contribution in [2.75, 3.05) is 7.11 Å². The quantitative estimate of drug-likeness (QED) is 0.542. The lowest BCUT2D eigenvalue weighted by Crippen LogP contribution is -2.22. The summed E-state index contributed by atoms with van der Waals surface area (Å²) < 4.78 is 7.67. The van der Waals surface area contributed by atoms with Crippen LogP contribution in [-0.2, 0) is 13.6 Å². The highest BCUT2D eigenvalue weighted by molar-refractivity contribution is 7.21. The number of rotatable bonds is 4. The minimum absolute atomic E-state index is 0.148. The molecule has 4 rings (SSSR count). The number of aryl methyl sites for hydroxylation is 1. The maximum Gasteiger partial charge on any atom is 0.261 e. The van der Waals surface area contributed by atoms with Gasteiger partial charge in [-0.05, 0) is 30.3 Å². The van der Waals surface area contributed by atoms with Crippen LogP contribution in [0.2, 0.25) is 5.02 Å². The van der Waals surface area contributed by atoms with E-state index in [1.807, 2.05) is 30.3 Å². The molecule has 0 bridgehead atoms. The molecule has 1 N–H and O–H groups in total. The van der Waals surface area contributed by atoms with Crippen LogP contribution in [0.25, 0.3) is 21.0 Å². The Bertz CT molecular complexity index is 1280. The number of methoxy groups -OCH3 is 1. The topological polar surface area (TPSA) is 60.3 Å². The number of para-hydroxylation sites is 1. The third-order valence-electron chi connectivity index (χ3n) is 4.69. The molecule has 0 spiro atoms. The smallest absolute Gasteiger partial charge is 0.261 e. The first-order valence-corrected chi connectivity index (χ1v) is 9.81. The molecule has 0 radical (unpaired) electrons. The summed E-state index contributed by atoms with van der Waals surface area (Å²) in [5, 5.41) is 4.90. The van der Waals surface area contributed by atoms with E-state index < -0.39 is 0 Å². The SMILES string of the molecule is COc1ccccc1CNC(=O)c1cc2c(=O)n(C)c3cc(Cl)ccc3c2s1. The Morgan fingerprint density at radius 3 is 2.75 bits per heavy atom. The highest BCUT2D eigenvalue weighted by Crippen LogP contribution is 2.31. The van der Waals surface area contributed by atoms with Crippen LogP contribution in [0.1, 0.15) is 15.2 Å². The van der Waals surface area contributed by atoms with Gasteiger partial charge in [-0.2, -0.15) is 0 Å². The van der Waals surface area contributed by atoms with Crippen molar-refractivity contribution in [1.29, 1.82) is 0 Å². The Balaban J connectivity index is 1.71. The zero-order valence-electron chi connectivity index (χ0n) is 15.3. The molecule has 7 heteroatoms. The molecule has 1 amide bonds. The van der Waals surface area contributed by atoms with Gasteiger partial charge in [0.25, 0.3) is 11.5 Å². The summed E-state index contributed by atoms with van der Waals surface area (Å²) in [6.45, 7) is 0.339. The summed E-state index contributed by atoms with van der Waals surface area (Å²) in [5.41, 5.74) is 1.48. The van der Waals surface area contributed by atoms with Crippen molar-refractivity contribution >= 4 is 49.8 Å². The second kappa shape index (κ2) is 7.30. The zero-order chi connectivity index (χ0) is 19.8. The summed E-state index contributed by atoms with van der Waals surface area (Å²) in [7, 11) is 3.30. The molecule has 0 aliphatic rings. The van der Waals surface area contributed by atoms with E-state index in [0.717, 1.165) is 26.9 Å². The van der Waals surface area contributed by atoms with Gasteiger partial charge < -0.3 is 14.6 Å². The number of fused-ring (bicyclic) bond motifs is 3. The first-order chi connectivity index (χ1) is 13.5. The normalized spacial score (nSPS) is 11.1. The zero-order valence-corrected chi connectivity index (χ0v) is 16.9. The van der Waals surface area contributed by atoms with Gasteiger partial charge in [0.05, 0.1) is 22.9 Å². The van der Waals surface area contributed by atoms with E-state index in [4.69, 9.17) is 16.3 Å². The molecule has 4 aromatic rings. The number of halogens is 1. The molecule has 2 heterocycles. The third-order valence-corrected chi connectivity index (χ3v) is 6.09. The van der Waals surface area contributed by atoms with Crippen molar-refractivity contribution in [3.63, 3.8) is 0 Å². The second-order valence-corrected chi connectivity index (χ2v) is 7.86. The number of aromatic nitrogens is 1. The molecule has 0 saturated carbocycles. The summed E-state index contributed by atoms with van der Waals surface area (Å²) in [6.07, 6.45) is 0. The molecule has 28 heavy (non-hydrogen) atoms. The number of amides is 1. The standard InChI is InChI=1S/C21H17ClN2O3S/c1-24-16-9-13(22)7-8-14(16)19-15(21(24)26)10-18(28-19)20(25)23-11-12-5-3-4-6-17(12)27-2/h3-10H,11H2,1-2H3,(H,23,25). The fourth-order valence-electron chi connectivity index (χ4n) is 3.24. The van der Waals surface area contributed by atoms with Crippen molar-refractivity contribution in [2.24, 2.45) is 7.05 Å². The number of thiophene rings is 1. The Hall–Kier alpha value is -2.83. The molecule has 0 aliphatic carbocycles. The molecule has 0 unspecified atom stereocenters. The number of carbonyl (C=O) groups is 1. The largest absolute Gasteiger partial charge is 0.496 e. The number of nitrogens with one attached hydrogen (secondary N) is 1. The molecule has 2 aromatic carbocycles. The fourth-order valence-corrected chi connectivity index (χ4v) is 4.50. The maximum absolute atomic E-state index is 12.7. The van der Waals surface area contributed by atoms with Crippen LogP contribution in [0.5, 0.6) is 5.75 Å². The van der Waals surface area contributed by atoms with E-state index in [-0.39, 0.29) is 11.5 Å². The van der Waals surface area contributed by atoms with E-state index in [2.05, 4.69) is 5.32 Å². The highest BCUT2D eigenvalue weighted by atomic mass is 35.5. The van der Waals surface area contributed by atoms with Crippen LogP contribution in [0.4, 0.5) is 0 Å². The van der Waals surface area contributed by atoms with Crippen molar-refractivity contribution < 1.29 is 9.53 Å². The first-order valence-electron chi connectivity index (χ1n) is 8.61. The van der Waals surface area contributed by atoms with Gasteiger partial charge in [0.1, 0.15) is 5.75 Å². The van der Waals surface area contributed by atoms with Gasteiger partial charge in [-0.25, -0.2) is 0 Å². The minimum atomic E-state index is -0.226. The Labute approximate surface area is 170 Å². The van der Waals surface area contributed by atoms with E-state index in [9.17, 15) is 9.59 Å². The average molecular weight is 413 g/mol. The van der Waals surface area contributed by atoms with Crippen LogP contribution < -0.4 is 15.6 Å². The molecule has 2 aromatic heterocycles. The van der Waals surface area contributed by atoms with Crippen molar-refractivity contribution in [2.45, 2.75) is 6.54 Å². The van der Waals surface area contributed by atoms with Gasteiger partial charge >= 0.3 is 0 Å². The molecule has 0 fully saturated rings. The molecular weight excluding hydrogens is 396 g/mol. The predicted octanol–water partition coefficient (Wildman–Crippen LogP) is 4.35.